The number of hydrogen-bond acceptors (Lipinski definition) is 2. The van der Waals surface area contributed by atoms with Crippen LogP contribution in [0.15, 0.2) is 18.2 Å². The molecule has 1 aromatic carbocycles. The number of carboxylic acids is 1. The molecular formula is C15H19ClN2O3. The number of anilines is 1. The van der Waals surface area contributed by atoms with Crippen LogP contribution < -0.4 is 5.32 Å². The van der Waals surface area contributed by atoms with E-state index in [0.717, 1.165) is 19.4 Å². The Morgan fingerprint density at radius 1 is 1.38 bits per heavy atom. The number of hydrogen-bond donors (Lipinski definition) is 2. The van der Waals surface area contributed by atoms with E-state index in [9.17, 15) is 9.59 Å². The van der Waals surface area contributed by atoms with Crippen molar-refractivity contribution in [2.75, 3.05) is 18.4 Å². The van der Waals surface area contributed by atoms with Crippen molar-refractivity contribution in [2.24, 2.45) is 5.41 Å². The molecule has 2 N–H and O–H groups in total. The van der Waals surface area contributed by atoms with Gasteiger partial charge in [0.15, 0.2) is 0 Å². The number of amides is 2. The smallest absolute Gasteiger partial charge is 0.337 e. The Morgan fingerprint density at radius 3 is 2.67 bits per heavy atom. The van der Waals surface area contributed by atoms with Gasteiger partial charge in [0.05, 0.1) is 10.6 Å². The minimum absolute atomic E-state index is 0.0220. The number of carboxylic acid groups (broad SMARTS) is 1. The second-order valence-corrected chi connectivity index (χ2v) is 6.53. The number of halogens is 1. The summed E-state index contributed by atoms with van der Waals surface area (Å²) >= 11 is 5.89. The molecule has 0 unspecified atom stereocenters. The van der Waals surface area contributed by atoms with Crippen LogP contribution in [0.25, 0.3) is 0 Å². The van der Waals surface area contributed by atoms with Gasteiger partial charge in [-0.1, -0.05) is 25.4 Å². The lowest BCUT2D eigenvalue weighted by atomic mass is 9.84. The molecule has 5 nitrogen and oxygen atoms in total. The third-order valence-corrected chi connectivity index (χ3v) is 3.95. The van der Waals surface area contributed by atoms with Gasteiger partial charge in [0.2, 0.25) is 0 Å². The van der Waals surface area contributed by atoms with Crippen molar-refractivity contribution < 1.29 is 14.7 Å². The summed E-state index contributed by atoms with van der Waals surface area (Å²) in [5.74, 6) is -1.09. The van der Waals surface area contributed by atoms with Gasteiger partial charge < -0.3 is 15.3 Å². The second kappa shape index (κ2) is 5.93. The molecule has 0 aromatic heterocycles. The molecule has 1 aliphatic rings. The third-order valence-electron chi connectivity index (χ3n) is 3.64. The SMILES string of the molecule is CC1(C)CCCN(C(=O)Nc2ccc(C(=O)O)c(Cl)c2)C1. The number of carbonyl (C=O) groups is 2. The van der Waals surface area contributed by atoms with Gasteiger partial charge in [-0.15, -0.1) is 0 Å². The minimum Gasteiger partial charge on any atom is -0.478 e. The van der Waals surface area contributed by atoms with Gasteiger partial charge in [-0.3, -0.25) is 0 Å². The van der Waals surface area contributed by atoms with Gasteiger partial charge in [0.25, 0.3) is 0 Å². The average molecular weight is 311 g/mol. The highest BCUT2D eigenvalue weighted by atomic mass is 35.5. The highest BCUT2D eigenvalue weighted by molar-refractivity contribution is 6.33. The Labute approximate surface area is 128 Å². The van der Waals surface area contributed by atoms with E-state index >= 15 is 0 Å². The maximum atomic E-state index is 12.2. The minimum atomic E-state index is -1.09. The van der Waals surface area contributed by atoms with Gasteiger partial charge in [-0.25, -0.2) is 9.59 Å². The van der Waals surface area contributed by atoms with Crippen molar-refractivity contribution in [3.63, 3.8) is 0 Å². The van der Waals surface area contributed by atoms with Crippen molar-refractivity contribution in [1.82, 2.24) is 4.90 Å². The van der Waals surface area contributed by atoms with Crippen molar-refractivity contribution in [2.45, 2.75) is 26.7 Å². The van der Waals surface area contributed by atoms with Crippen molar-refractivity contribution in [1.29, 1.82) is 0 Å². The van der Waals surface area contributed by atoms with Crippen LogP contribution in [0, 0.1) is 5.41 Å². The fourth-order valence-electron chi connectivity index (χ4n) is 2.57. The summed E-state index contributed by atoms with van der Waals surface area (Å²) in [6.07, 6.45) is 2.09. The molecule has 2 rings (SSSR count). The average Bonchev–Trinajstić information content (AvgIpc) is 2.37. The maximum absolute atomic E-state index is 12.2. The molecule has 1 saturated heterocycles. The van der Waals surface area contributed by atoms with Gasteiger partial charge in [-0.2, -0.15) is 0 Å². The van der Waals surface area contributed by atoms with Gasteiger partial charge in [0.1, 0.15) is 0 Å². The van der Waals surface area contributed by atoms with E-state index in [2.05, 4.69) is 19.2 Å². The van der Waals surface area contributed by atoms with Crippen LogP contribution in [0.3, 0.4) is 0 Å². The molecular weight excluding hydrogens is 292 g/mol. The van der Waals surface area contributed by atoms with E-state index in [0.29, 0.717) is 12.2 Å². The lowest BCUT2D eigenvalue weighted by Crippen LogP contribution is -2.45. The molecule has 1 aromatic rings. The highest BCUT2D eigenvalue weighted by Gasteiger charge is 2.29. The zero-order chi connectivity index (χ0) is 15.6. The van der Waals surface area contributed by atoms with Gasteiger partial charge >= 0.3 is 12.0 Å². The number of benzene rings is 1. The summed E-state index contributed by atoms with van der Waals surface area (Å²) in [7, 11) is 0. The molecule has 1 aliphatic heterocycles. The van der Waals surface area contributed by atoms with E-state index < -0.39 is 5.97 Å². The van der Waals surface area contributed by atoms with Crippen LogP contribution in [0.2, 0.25) is 5.02 Å². The fraction of sp³-hybridized carbons (Fsp3) is 0.467. The van der Waals surface area contributed by atoms with E-state index in [-0.39, 0.29) is 22.0 Å². The first-order valence-corrected chi connectivity index (χ1v) is 7.25. The van der Waals surface area contributed by atoms with Crippen LogP contribution in [0.5, 0.6) is 0 Å². The molecule has 6 heteroatoms. The summed E-state index contributed by atoms with van der Waals surface area (Å²) in [6.45, 7) is 5.73. The predicted octanol–water partition coefficient (Wildman–Crippen LogP) is 3.69. The molecule has 0 bridgehead atoms. The number of piperidine rings is 1. The van der Waals surface area contributed by atoms with Crippen LogP contribution in [0.4, 0.5) is 10.5 Å². The largest absolute Gasteiger partial charge is 0.478 e. The maximum Gasteiger partial charge on any atom is 0.337 e. The van der Waals surface area contributed by atoms with Crippen LogP contribution >= 0.6 is 11.6 Å². The van der Waals surface area contributed by atoms with Gasteiger partial charge in [-0.05, 0) is 36.5 Å². The van der Waals surface area contributed by atoms with E-state index in [1.54, 1.807) is 11.0 Å². The van der Waals surface area contributed by atoms with E-state index in [4.69, 9.17) is 16.7 Å². The first kappa shape index (κ1) is 15.6. The fourth-order valence-corrected chi connectivity index (χ4v) is 2.83. The number of aromatic carboxylic acids is 1. The molecule has 0 aliphatic carbocycles. The standard InChI is InChI=1S/C15H19ClN2O3/c1-15(2)6-3-7-18(9-15)14(21)17-10-4-5-11(13(19)20)12(16)8-10/h4-5,8H,3,6-7,9H2,1-2H3,(H,17,21)(H,19,20). The Balaban J connectivity index is 2.06. The lowest BCUT2D eigenvalue weighted by Gasteiger charge is -2.37. The Hall–Kier alpha value is -1.75. The van der Waals surface area contributed by atoms with Crippen LogP contribution in [-0.2, 0) is 0 Å². The summed E-state index contributed by atoms with van der Waals surface area (Å²) in [6, 6.07) is 4.21. The Bertz CT molecular complexity index is 572. The molecule has 1 heterocycles. The Morgan fingerprint density at radius 2 is 2.10 bits per heavy atom. The van der Waals surface area contributed by atoms with Crippen LogP contribution in [0.1, 0.15) is 37.0 Å². The molecule has 0 saturated carbocycles. The molecule has 0 atom stereocenters. The van der Waals surface area contributed by atoms with Crippen LogP contribution in [-0.4, -0.2) is 35.1 Å². The normalized spacial score (nSPS) is 17.4. The summed E-state index contributed by atoms with van der Waals surface area (Å²) in [5, 5.41) is 11.8. The van der Waals surface area contributed by atoms with Crippen molar-refractivity contribution >= 4 is 29.3 Å². The number of urea groups is 1. The number of nitrogens with zero attached hydrogens (tertiary/aromatic N) is 1. The quantitative estimate of drug-likeness (QED) is 0.875. The van der Waals surface area contributed by atoms with E-state index in [1.807, 2.05) is 0 Å². The summed E-state index contributed by atoms with van der Waals surface area (Å²) < 4.78 is 0. The summed E-state index contributed by atoms with van der Waals surface area (Å²) in [4.78, 5) is 24.9. The van der Waals surface area contributed by atoms with Crippen molar-refractivity contribution in [3.05, 3.63) is 28.8 Å². The van der Waals surface area contributed by atoms with E-state index in [1.165, 1.54) is 12.1 Å². The zero-order valence-corrected chi connectivity index (χ0v) is 12.9. The zero-order valence-electron chi connectivity index (χ0n) is 12.1. The highest BCUT2D eigenvalue weighted by Crippen LogP contribution is 2.29. The van der Waals surface area contributed by atoms with Crippen molar-refractivity contribution in [3.8, 4) is 0 Å². The number of carbonyl (C=O) groups excluding carboxylic acids is 1. The first-order chi connectivity index (χ1) is 9.78. The molecule has 0 spiro atoms. The molecule has 114 valence electrons. The second-order valence-electron chi connectivity index (χ2n) is 6.12. The number of rotatable bonds is 2. The molecule has 2 amide bonds. The first-order valence-electron chi connectivity index (χ1n) is 6.87. The monoisotopic (exact) mass is 310 g/mol. The lowest BCUT2D eigenvalue weighted by molar-refractivity contribution is 0.0697. The Kier molecular flexibility index (Phi) is 4.42. The number of nitrogens with one attached hydrogen (secondary N) is 1. The van der Waals surface area contributed by atoms with Gasteiger partial charge in [0, 0.05) is 18.8 Å². The summed E-state index contributed by atoms with van der Waals surface area (Å²) in [5.41, 5.74) is 0.646. The molecule has 0 radical (unpaired) electrons. The molecule has 1 fully saturated rings. The predicted molar refractivity (Wildman–Crippen MR) is 82.0 cm³/mol. The molecule has 21 heavy (non-hydrogen) atoms. The topological polar surface area (TPSA) is 69.6 Å². The third kappa shape index (κ3) is 3.88. The number of likely N-dealkylation sites (tertiary alicyclic amines) is 1.